The number of H-pyrrole nitrogens is 1. The molecule has 0 aromatic carbocycles. The lowest BCUT2D eigenvalue weighted by atomic mass is 10.0. The first kappa shape index (κ1) is 8.23. The van der Waals surface area contributed by atoms with Crippen molar-refractivity contribution in [1.82, 2.24) is 10.2 Å². The molecule has 11 heavy (non-hydrogen) atoms. The van der Waals surface area contributed by atoms with Gasteiger partial charge in [-0.15, -0.1) is 0 Å². The second kappa shape index (κ2) is 3.02. The van der Waals surface area contributed by atoms with E-state index in [2.05, 4.69) is 10.2 Å². The summed E-state index contributed by atoms with van der Waals surface area (Å²) in [7, 11) is 1.63. The Hall–Kier alpha value is -0.870. The van der Waals surface area contributed by atoms with Crippen molar-refractivity contribution in [1.29, 1.82) is 0 Å². The molecule has 4 nitrogen and oxygen atoms in total. The third kappa shape index (κ3) is 1.41. The molecule has 0 saturated heterocycles. The zero-order valence-electron chi connectivity index (χ0n) is 6.79. The molecule has 0 saturated carbocycles. The molecule has 62 valence electrons. The summed E-state index contributed by atoms with van der Waals surface area (Å²) in [6.45, 7) is 2.35. The van der Waals surface area contributed by atoms with Crippen LogP contribution in [0.1, 0.15) is 12.6 Å². The van der Waals surface area contributed by atoms with E-state index in [1.165, 1.54) is 0 Å². The maximum atomic E-state index is 5.54. The van der Waals surface area contributed by atoms with Crippen molar-refractivity contribution in [2.75, 3.05) is 13.7 Å². The first-order valence-corrected chi connectivity index (χ1v) is 3.48. The molecule has 4 heteroatoms. The molecule has 0 spiro atoms. The molecule has 0 amide bonds. The molecule has 0 bridgehead atoms. The van der Waals surface area contributed by atoms with Crippen molar-refractivity contribution in [2.45, 2.75) is 12.5 Å². The van der Waals surface area contributed by atoms with Gasteiger partial charge in [-0.1, -0.05) is 0 Å². The monoisotopic (exact) mass is 155 g/mol. The first-order chi connectivity index (χ1) is 5.23. The molecule has 0 aliphatic carbocycles. The summed E-state index contributed by atoms with van der Waals surface area (Å²) in [6.07, 6.45) is 1.68. The van der Waals surface area contributed by atoms with E-state index in [9.17, 15) is 0 Å². The second-order valence-corrected chi connectivity index (χ2v) is 2.61. The number of methoxy groups -OCH3 is 1. The molecule has 3 N–H and O–H groups in total. The summed E-state index contributed by atoms with van der Waals surface area (Å²) < 4.78 is 5.24. The molecular formula is C7H13N3O. The van der Waals surface area contributed by atoms with Crippen molar-refractivity contribution >= 4 is 0 Å². The molecule has 1 rings (SSSR count). The highest BCUT2D eigenvalue weighted by Crippen LogP contribution is 2.19. The molecular weight excluding hydrogens is 142 g/mol. The molecule has 1 unspecified atom stereocenters. The summed E-state index contributed by atoms with van der Waals surface area (Å²) >= 11 is 0. The molecule has 1 heterocycles. The normalized spacial score (nSPS) is 16.3. The van der Waals surface area contributed by atoms with E-state index >= 15 is 0 Å². The Labute approximate surface area is 65.7 Å². The van der Waals surface area contributed by atoms with E-state index in [-0.39, 0.29) is 0 Å². The van der Waals surface area contributed by atoms with Crippen LogP contribution in [0.4, 0.5) is 0 Å². The van der Waals surface area contributed by atoms with Crippen molar-refractivity contribution < 1.29 is 4.74 Å². The fourth-order valence-electron chi connectivity index (χ4n) is 0.854. The molecule has 1 aromatic heterocycles. The standard InChI is InChI=1S/C7H13N3O/c1-7(5-8,11-2)6-3-4-9-10-6/h3-4H,5,8H2,1-2H3,(H,9,10). The third-order valence-corrected chi connectivity index (χ3v) is 1.91. The van der Waals surface area contributed by atoms with Crippen molar-refractivity contribution in [3.05, 3.63) is 18.0 Å². The van der Waals surface area contributed by atoms with Gasteiger partial charge >= 0.3 is 0 Å². The second-order valence-electron chi connectivity index (χ2n) is 2.61. The Kier molecular flexibility index (Phi) is 2.26. The van der Waals surface area contributed by atoms with Crippen LogP contribution in [0.15, 0.2) is 12.3 Å². The summed E-state index contributed by atoms with van der Waals surface area (Å²) in [5.41, 5.74) is 6.01. The van der Waals surface area contributed by atoms with Crippen LogP contribution >= 0.6 is 0 Å². The third-order valence-electron chi connectivity index (χ3n) is 1.91. The maximum Gasteiger partial charge on any atom is 0.118 e. The van der Waals surface area contributed by atoms with Crippen LogP contribution in [-0.4, -0.2) is 23.9 Å². The van der Waals surface area contributed by atoms with Crippen LogP contribution < -0.4 is 5.73 Å². The lowest BCUT2D eigenvalue weighted by molar-refractivity contribution is 0.00637. The van der Waals surface area contributed by atoms with Crippen LogP contribution in [0, 0.1) is 0 Å². The smallest absolute Gasteiger partial charge is 0.118 e. The van der Waals surface area contributed by atoms with Gasteiger partial charge in [0.25, 0.3) is 0 Å². The Morgan fingerprint density at radius 2 is 2.55 bits per heavy atom. The summed E-state index contributed by atoms with van der Waals surface area (Å²) in [5.74, 6) is 0. The number of nitrogens with one attached hydrogen (secondary N) is 1. The van der Waals surface area contributed by atoms with E-state index < -0.39 is 5.60 Å². The Morgan fingerprint density at radius 1 is 1.82 bits per heavy atom. The average molecular weight is 155 g/mol. The highest BCUT2D eigenvalue weighted by molar-refractivity contribution is 5.09. The topological polar surface area (TPSA) is 63.9 Å². The van der Waals surface area contributed by atoms with E-state index in [1.807, 2.05) is 13.0 Å². The lowest BCUT2D eigenvalue weighted by Gasteiger charge is -2.24. The van der Waals surface area contributed by atoms with Gasteiger partial charge in [0, 0.05) is 19.9 Å². The lowest BCUT2D eigenvalue weighted by Crippen LogP contribution is -2.34. The Morgan fingerprint density at radius 3 is 2.91 bits per heavy atom. The number of ether oxygens (including phenoxy) is 1. The van der Waals surface area contributed by atoms with Crippen LogP contribution in [0.3, 0.4) is 0 Å². The van der Waals surface area contributed by atoms with Crippen molar-refractivity contribution in [3.63, 3.8) is 0 Å². The Balaban J connectivity index is 2.87. The minimum absolute atomic E-state index is 0.434. The van der Waals surface area contributed by atoms with Crippen molar-refractivity contribution in [2.24, 2.45) is 5.73 Å². The van der Waals surface area contributed by atoms with E-state index in [1.54, 1.807) is 13.3 Å². The molecule has 0 radical (unpaired) electrons. The van der Waals surface area contributed by atoms with Crippen LogP contribution in [-0.2, 0) is 10.3 Å². The summed E-state index contributed by atoms with van der Waals surface area (Å²) in [4.78, 5) is 0. The number of hydrogen-bond donors (Lipinski definition) is 2. The highest BCUT2D eigenvalue weighted by atomic mass is 16.5. The number of aromatic nitrogens is 2. The number of hydrogen-bond acceptors (Lipinski definition) is 3. The minimum Gasteiger partial charge on any atom is -0.371 e. The number of rotatable bonds is 3. The van der Waals surface area contributed by atoms with Gasteiger partial charge in [-0.05, 0) is 13.0 Å². The van der Waals surface area contributed by atoms with Gasteiger partial charge in [-0.2, -0.15) is 5.10 Å². The van der Waals surface area contributed by atoms with Gasteiger partial charge < -0.3 is 10.5 Å². The molecule has 0 fully saturated rings. The zero-order chi connectivity index (χ0) is 8.32. The Bertz CT molecular complexity index is 203. The van der Waals surface area contributed by atoms with Crippen LogP contribution in [0.2, 0.25) is 0 Å². The maximum absolute atomic E-state index is 5.54. The number of nitrogens with zero attached hydrogens (tertiary/aromatic N) is 1. The van der Waals surface area contributed by atoms with E-state index in [0.717, 1.165) is 5.69 Å². The molecule has 0 aliphatic rings. The fourth-order valence-corrected chi connectivity index (χ4v) is 0.854. The number of aromatic amines is 1. The largest absolute Gasteiger partial charge is 0.371 e. The predicted octanol–water partition coefficient (Wildman–Crippen LogP) is 0.230. The first-order valence-electron chi connectivity index (χ1n) is 3.48. The highest BCUT2D eigenvalue weighted by Gasteiger charge is 2.25. The van der Waals surface area contributed by atoms with Gasteiger partial charge in [-0.3, -0.25) is 5.10 Å². The van der Waals surface area contributed by atoms with E-state index in [0.29, 0.717) is 6.54 Å². The summed E-state index contributed by atoms with van der Waals surface area (Å²) in [6, 6.07) is 1.86. The zero-order valence-corrected chi connectivity index (χ0v) is 6.79. The van der Waals surface area contributed by atoms with Crippen molar-refractivity contribution in [3.8, 4) is 0 Å². The van der Waals surface area contributed by atoms with Gasteiger partial charge in [0.15, 0.2) is 0 Å². The molecule has 0 aliphatic heterocycles. The summed E-state index contributed by atoms with van der Waals surface area (Å²) in [5, 5.41) is 6.65. The quantitative estimate of drug-likeness (QED) is 0.656. The number of nitrogens with two attached hydrogens (primary N) is 1. The van der Waals surface area contributed by atoms with Gasteiger partial charge in [0.1, 0.15) is 5.60 Å². The van der Waals surface area contributed by atoms with Crippen LogP contribution in [0.5, 0.6) is 0 Å². The minimum atomic E-state index is -0.434. The molecule has 1 aromatic rings. The SMILES string of the molecule is COC(C)(CN)c1ccn[nH]1. The predicted molar refractivity (Wildman–Crippen MR) is 42.0 cm³/mol. The van der Waals surface area contributed by atoms with Gasteiger partial charge in [0.2, 0.25) is 0 Å². The molecule has 1 atom stereocenters. The fraction of sp³-hybridized carbons (Fsp3) is 0.571. The van der Waals surface area contributed by atoms with E-state index in [4.69, 9.17) is 10.5 Å². The van der Waals surface area contributed by atoms with Gasteiger partial charge in [-0.25, -0.2) is 0 Å². The van der Waals surface area contributed by atoms with Gasteiger partial charge in [0.05, 0.1) is 5.69 Å². The average Bonchev–Trinajstić information content (AvgIpc) is 2.55. The van der Waals surface area contributed by atoms with Crippen LogP contribution in [0.25, 0.3) is 0 Å².